The first-order valence-electron chi connectivity index (χ1n) is 6.66. The quantitative estimate of drug-likeness (QED) is 0.418. The van der Waals surface area contributed by atoms with E-state index < -0.39 is 24.1 Å². The topological polar surface area (TPSA) is 128 Å². The Kier molecular flexibility index (Phi) is 6.89. The standard InChI is InChI=1S/C12H21N3O6/c1-21-5-4-13-10(17)2-3-14-12(20)15-7-8(16)6-9(15)11(18)19/h8-9,16H,2-7H2,1H3,(H,13,17)(H,14,20)(H,18,19)/t8-,9+/m1/s1. The van der Waals surface area contributed by atoms with Crippen molar-refractivity contribution >= 4 is 17.9 Å². The van der Waals surface area contributed by atoms with Gasteiger partial charge in [0.15, 0.2) is 0 Å². The van der Waals surface area contributed by atoms with Crippen molar-refractivity contribution in [1.82, 2.24) is 15.5 Å². The third kappa shape index (κ3) is 5.56. The number of carbonyl (C=O) groups excluding carboxylic acids is 2. The minimum Gasteiger partial charge on any atom is -0.480 e. The summed E-state index contributed by atoms with van der Waals surface area (Å²) in [6.07, 6.45) is -0.738. The molecule has 0 aromatic heterocycles. The molecule has 0 radical (unpaired) electrons. The van der Waals surface area contributed by atoms with E-state index in [1.165, 1.54) is 7.11 Å². The Morgan fingerprint density at radius 1 is 1.29 bits per heavy atom. The molecule has 3 amide bonds. The summed E-state index contributed by atoms with van der Waals surface area (Å²) in [5, 5.41) is 23.5. The van der Waals surface area contributed by atoms with Gasteiger partial charge in [-0.1, -0.05) is 0 Å². The Hall–Kier alpha value is -1.87. The highest BCUT2D eigenvalue weighted by Crippen LogP contribution is 2.17. The van der Waals surface area contributed by atoms with Crippen molar-refractivity contribution in [3.8, 4) is 0 Å². The van der Waals surface area contributed by atoms with Gasteiger partial charge in [-0.3, -0.25) is 4.79 Å². The number of carboxylic acid groups (broad SMARTS) is 1. The Labute approximate surface area is 122 Å². The van der Waals surface area contributed by atoms with Crippen LogP contribution in [0.2, 0.25) is 0 Å². The number of likely N-dealkylation sites (tertiary alicyclic amines) is 1. The first-order chi connectivity index (χ1) is 9.95. The van der Waals surface area contributed by atoms with Gasteiger partial charge in [0.25, 0.3) is 0 Å². The molecule has 1 heterocycles. The summed E-state index contributed by atoms with van der Waals surface area (Å²) in [5.41, 5.74) is 0. The van der Waals surface area contributed by atoms with Crippen LogP contribution in [0.5, 0.6) is 0 Å². The van der Waals surface area contributed by atoms with Crippen LogP contribution >= 0.6 is 0 Å². The molecule has 9 nitrogen and oxygen atoms in total. The SMILES string of the molecule is COCCNC(=O)CCNC(=O)N1C[C@H](O)C[C@H]1C(=O)O. The van der Waals surface area contributed by atoms with Gasteiger partial charge in [-0.15, -0.1) is 0 Å². The highest BCUT2D eigenvalue weighted by Gasteiger charge is 2.38. The lowest BCUT2D eigenvalue weighted by Gasteiger charge is -2.21. The van der Waals surface area contributed by atoms with Crippen molar-refractivity contribution in [2.45, 2.75) is 25.0 Å². The van der Waals surface area contributed by atoms with Crippen LogP contribution in [-0.2, 0) is 14.3 Å². The van der Waals surface area contributed by atoms with Crippen LogP contribution < -0.4 is 10.6 Å². The van der Waals surface area contributed by atoms with Crippen molar-refractivity contribution in [3.63, 3.8) is 0 Å². The van der Waals surface area contributed by atoms with E-state index in [-0.39, 0.29) is 31.8 Å². The first kappa shape index (κ1) is 17.2. The highest BCUT2D eigenvalue weighted by molar-refractivity contribution is 5.84. The zero-order valence-corrected chi connectivity index (χ0v) is 11.9. The molecule has 1 saturated heterocycles. The average molecular weight is 303 g/mol. The second-order valence-electron chi connectivity index (χ2n) is 4.72. The molecular formula is C12H21N3O6. The molecule has 0 aromatic carbocycles. The van der Waals surface area contributed by atoms with Crippen LogP contribution in [0.25, 0.3) is 0 Å². The first-order valence-corrected chi connectivity index (χ1v) is 6.66. The van der Waals surface area contributed by atoms with Crippen molar-refractivity contribution < 1.29 is 29.3 Å². The van der Waals surface area contributed by atoms with E-state index in [1.807, 2.05) is 0 Å². The van der Waals surface area contributed by atoms with Gasteiger partial charge in [-0.25, -0.2) is 9.59 Å². The molecule has 0 saturated carbocycles. The predicted molar refractivity (Wildman–Crippen MR) is 71.7 cm³/mol. The molecule has 9 heteroatoms. The van der Waals surface area contributed by atoms with Crippen LogP contribution in [0, 0.1) is 0 Å². The van der Waals surface area contributed by atoms with E-state index in [9.17, 15) is 19.5 Å². The molecule has 1 rings (SSSR count). The van der Waals surface area contributed by atoms with Gasteiger partial charge in [-0.05, 0) is 0 Å². The third-order valence-corrected chi connectivity index (χ3v) is 3.08. The third-order valence-electron chi connectivity index (χ3n) is 3.08. The summed E-state index contributed by atoms with van der Waals surface area (Å²) in [4.78, 5) is 35.3. The number of hydrogen-bond acceptors (Lipinski definition) is 5. The molecule has 120 valence electrons. The lowest BCUT2D eigenvalue weighted by Crippen LogP contribution is -2.46. The minimum atomic E-state index is -1.15. The number of carboxylic acids is 1. The number of ether oxygens (including phenoxy) is 1. The van der Waals surface area contributed by atoms with E-state index in [1.54, 1.807) is 0 Å². The van der Waals surface area contributed by atoms with Gasteiger partial charge in [-0.2, -0.15) is 0 Å². The zero-order valence-electron chi connectivity index (χ0n) is 11.9. The zero-order chi connectivity index (χ0) is 15.8. The van der Waals surface area contributed by atoms with Gasteiger partial charge >= 0.3 is 12.0 Å². The number of rotatable bonds is 7. The maximum Gasteiger partial charge on any atom is 0.326 e. The number of β-amino-alcohol motifs (C(OH)–C–C–N with tert-alkyl or cyclic N) is 1. The summed E-state index contributed by atoms with van der Waals surface area (Å²) in [6.45, 7) is 0.867. The number of urea groups is 1. The lowest BCUT2D eigenvalue weighted by molar-refractivity contribution is -0.141. The van der Waals surface area contributed by atoms with E-state index in [2.05, 4.69) is 10.6 Å². The van der Waals surface area contributed by atoms with Gasteiger partial charge in [0.1, 0.15) is 6.04 Å². The molecular weight excluding hydrogens is 282 g/mol. The van der Waals surface area contributed by atoms with Crippen molar-refractivity contribution in [2.24, 2.45) is 0 Å². The summed E-state index contributed by atoms with van der Waals surface area (Å²) >= 11 is 0. The largest absolute Gasteiger partial charge is 0.480 e. The minimum absolute atomic E-state index is 0.0141. The smallest absolute Gasteiger partial charge is 0.326 e. The second-order valence-corrected chi connectivity index (χ2v) is 4.72. The maximum atomic E-state index is 11.8. The normalized spacial score (nSPS) is 21.1. The number of aliphatic carboxylic acids is 1. The van der Waals surface area contributed by atoms with Gasteiger partial charge < -0.3 is 30.5 Å². The van der Waals surface area contributed by atoms with Crippen molar-refractivity contribution in [1.29, 1.82) is 0 Å². The van der Waals surface area contributed by atoms with Gasteiger partial charge in [0.2, 0.25) is 5.91 Å². The summed E-state index contributed by atoms with van der Waals surface area (Å²) in [7, 11) is 1.52. The van der Waals surface area contributed by atoms with Crippen LogP contribution in [-0.4, -0.2) is 78.5 Å². The van der Waals surface area contributed by atoms with Crippen molar-refractivity contribution in [2.75, 3.05) is 33.4 Å². The number of hydrogen-bond donors (Lipinski definition) is 4. The Balaban J connectivity index is 2.30. The van der Waals surface area contributed by atoms with Crippen LogP contribution in [0.15, 0.2) is 0 Å². The predicted octanol–water partition coefficient (Wildman–Crippen LogP) is -1.63. The number of methoxy groups -OCH3 is 1. The van der Waals surface area contributed by atoms with Gasteiger partial charge in [0, 0.05) is 39.6 Å². The monoisotopic (exact) mass is 303 g/mol. The Morgan fingerprint density at radius 2 is 2.00 bits per heavy atom. The van der Waals surface area contributed by atoms with Crippen LogP contribution in [0.4, 0.5) is 4.79 Å². The number of nitrogens with one attached hydrogen (secondary N) is 2. The molecule has 0 spiro atoms. The van der Waals surface area contributed by atoms with E-state index in [0.717, 1.165) is 4.90 Å². The molecule has 0 bridgehead atoms. The number of aliphatic hydroxyl groups excluding tert-OH is 1. The number of nitrogens with zero attached hydrogens (tertiary/aromatic N) is 1. The molecule has 1 aliphatic heterocycles. The molecule has 21 heavy (non-hydrogen) atoms. The van der Waals surface area contributed by atoms with Crippen LogP contribution in [0.3, 0.4) is 0 Å². The average Bonchev–Trinajstić information content (AvgIpc) is 2.81. The molecule has 0 unspecified atom stereocenters. The maximum absolute atomic E-state index is 11.8. The number of aliphatic hydroxyl groups is 1. The van der Waals surface area contributed by atoms with Gasteiger partial charge in [0.05, 0.1) is 12.7 Å². The fraction of sp³-hybridized carbons (Fsp3) is 0.750. The Morgan fingerprint density at radius 3 is 2.62 bits per heavy atom. The number of amides is 3. The summed E-state index contributed by atoms with van der Waals surface area (Å²) in [5.74, 6) is -1.39. The second kappa shape index (κ2) is 8.42. The van der Waals surface area contributed by atoms with E-state index in [0.29, 0.717) is 13.2 Å². The fourth-order valence-electron chi connectivity index (χ4n) is 2.04. The van der Waals surface area contributed by atoms with Crippen LogP contribution in [0.1, 0.15) is 12.8 Å². The summed E-state index contributed by atoms with van der Waals surface area (Å²) in [6, 6.07) is -1.63. The molecule has 0 aromatic rings. The molecule has 1 aliphatic rings. The molecule has 1 fully saturated rings. The van der Waals surface area contributed by atoms with Crippen molar-refractivity contribution in [3.05, 3.63) is 0 Å². The summed E-state index contributed by atoms with van der Waals surface area (Å²) < 4.78 is 4.78. The number of carbonyl (C=O) groups is 3. The molecule has 0 aliphatic carbocycles. The van der Waals surface area contributed by atoms with E-state index in [4.69, 9.17) is 9.84 Å². The Bertz CT molecular complexity index is 389. The lowest BCUT2D eigenvalue weighted by atomic mass is 10.2. The molecule has 2 atom stereocenters. The van der Waals surface area contributed by atoms with E-state index >= 15 is 0 Å². The molecule has 4 N–H and O–H groups in total. The highest BCUT2D eigenvalue weighted by atomic mass is 16.5. The fourth-order valence-corrected chi connectivity index (χ4v) is 2.04.